The summed E-state index contributed by atoms with van der Waals surface area (Å²) in [5, 5.41) is 12.2. The monoisotopic (exact) mass is 410 g/mol. The highest BCUT2D eigenvalue weighted by atomic mass is 16.5. The number of para-hydroxylation sites is 1. The van der Waals surface area contributed by atoms with Crippen molar-refractivity contribution in [2.75, 3.05) is 23.4 Å². The number of aromatic carboxylic acids is 1. The number of ether oxygens (including phenoxy) is 1. The Hall–Kier alpha value is -3.35. The first-order chi connectivity index (χ1) is 14.2. The number of amides is 2. The summed E-state index contributed by atoms with van der Waals surface area (Å²) in [5.74, 6) is -1.08. The first-order valence-electron chi connectivity index (χ1n) is 9.92. The van der Waals surface area contributed by atoms with Crippen molar-refractivity contribution in [1.82, 2.24) is 0 Å². The van der Waals surface area contributed by atoms with E-state index in [1.807, 2.05) is 18.2 Å². The van der Waals surface area contributed by atoms with Crippen LogP contribution in [0.2, 0.25) is 0 Å². The minimum Gasteiger partial charge on any atom is -0.482 e. The van der Waals surface area contributed by atoms with Gasteiger partial charge in [0.15, 0.2) is 6.61 Å². The van der Waals surface area contributed by atoms with Crippen LogP contribution in [0.5, 0.6) is 5.75 Å². The van der Waals surface area contributed by atoms with Gasteiger partial charge in [-0.25, -0.2) is 4.79 Å². The lowest BCUT2D eigenvalue weighted by atomic mass is 9.92. The summed E-state index contributed by atoms with van der Waals surface area (Å²) >= 11 is 0. The number of fused-ring (bicyclic) bond motifs is 1. The molecule has 7 nitrogen and oxygen atoms in total. The minimum atomic E-state index is -1.12. The summed E-state index contributed by atoms with van der Waals surface area (Å²) in [6.07, 6.45) is 0. The molecule has 0 saturated carbocycles. The van der Waals surface area contributed by atoms with Crippen LogP contribution in [0.3, 0.4) is 0 Å². The van der Waals surface area contributed by atoms with E-state index < -0.39 is 11.9 Å². The Morgan fingerprint density at radius 3 is 2.30 bits per heavy atom. The summed E-state index contributed by atoms with van der Waals surface area (Å²) < 4.78 is 5.39. The van der Waals surface area contributed by atoms with E-state index in [4.69, 9.17) is 4.74 Å². The Balaban J connectivity index is 1.90. The second kappa shape index (κ2) is 8.57. The molecule has 0 bridgehead atoms. The van der Waals surface area contributed by atoms with Crippen molar-refractivity contribution >= 4 is 29.2 Å². The van der Waals surface area contributed by atoms with Gasteiger partial charge < -0.3 is 15.2 Å². The third-order valence-corrected chi connectivity index (χ3v) is 5.09. The molecule has 7 heteroatoms. The molecule has 2 aromatic carbocycles. The van der Waals surface area contributed by atoms with Crippen LogP contribution in [0, 0.1) is 0 Å². The first-order valence-corrected chi connectivity index (χ1v) is 9.92. The van der Waals surface area contributed by atoms with E-state index in [-0.39, 0.29) is 42.1 Å². The highest BCUT2D eigenvalue weighted by Gasteiger charge is 2.29. The molecule has 2 N–H and O–H groups in total. The second-order valence-electron chi connectivity index (χ2n) is 7.93. The molecule has 2 amide bonds. The second-order valence-corrected chi connectivity index (χ2v) is 7.93. The zero-order chi connectivity index (χ0) is 22.0. The van der Waals surface area contributed by atoms with Gasteiger partial charge in [0.25, 0.3) is 5.91 Å². The molecule has 1 aliphatic heterocycles. The number of hydrogen-bond acceptors (Lipinski definition) is 4. The molecule has 3 rings (SSSR count). The fraction of sp³-hybridized carbons (Fsp3) is 0.348. The highest BCUT2D eigenvalue weighted by Crippen LogP contribution is 2.34. The van der Waals surface area contributed by atoms with Gasteiger partial charge in [-0.2, -0.15) is 0 Å². The Kier molecular flexibility index (Phi) is 6.10. The van der Waals surface area contributed by atoms with Gasteiger partial charge in [0, 0.05) is 5.69 Å². The van der Waals surface area contributed by atoms with E-state index in [0.717, 1.165) is 16.8 Å². The smallest absolute Gasteiger partial charge is 0.335 e. The Labute approximate surface area is 175 Å². The fourth-order valence-electron chi connectivity index (χ4n) is 3.53. The van der Waals surface area contributed by atoms with Gasteiger partial charge in [0.1, 0.15) is 12.3 Å². The fourth-order valence-corrected chi connectivity index (χ4v) is 3.53. The van der Waals surface area contributed by atoms with E-state index in [2.05, 4.69) is 33.0 Å². The first kappa shape index (κ1) is 21.4. The predicted octanol–water partition coefficient (Wildman–Crippen LogP) is 4.00. The molecular weight excluding hydrogens is 384 g/mol. The number of anilines is 2. The maximum absolute atomic E-state index is 12.9. The SMILES string of the molecule is CC(C)c1cccc(C(C)C)c1NC(=O)CN1C(=O)COc2ccc(C(=O)O)cc21. The largest absolute Gasteiger partial charge is 0.482 e. The van der Waals surface area contributed by atoms with Gasteiger partial charge in [-0.15, -0.1) is 0 Å². The van der Waals surface area contributed by atoms with Crippen LogP contribution in [0.4, 0.5) is 11.4 Å². The van der Waals surface area contributed by atoms with Crippen LogP contribution in [-0.2, 0) is 9.59 Å². The Bertz CT molecular complexity index is 971. The number of nitrogens with zero attached hydrogens (tertiary/aromatic N) is 1. The summed E-state index contributed by atoms with van der Waals surface area (Å²) in [6, 6.07) is 10.2. The maximum Gasteiger partial charge on any atom is 0.335 e. The van der Waals surface area contributed by atoms with Gasteiger partial charge in [-0.1, -0.05) is 45.9 Å². The van der Waals surface area contributed by atoms with Crippen LogP contribution in [0.1, 0.15) is 61.0 Å². The van der Waals surface area contributed by atoms with E-state index in [0.29, 0.717) is 5.75 Å². The van der Waals surface area contributed by atoms with Gasteiger partial charge in [0.05, 0.1) is 11.3 Å². The highest BCUT2D eigenvalue weighted by molar-refractivity contribution is 6.06. The number of carbonyl (C=O) groups excluding carboxylic acids is 2. The third kappa shape index (κ3) is 4.30. The number of carboxylic acids is 1. The number of hydrogen-bond donors (Lipinski definition) is 2. The third-order valence-electron chi connectivity index (χ3n) is 5.09. The molecule has 0 radical (unpaired) electrons. The summed E-state index contributed by atoms with van der Waals surface area (Å²) in [4.78, 5) is 38.0. The van der Waals surface area contributed by atoms with E-state index >= 15 is 0 Å². The molecule has 0 spiro atoms. The van der Waals surface area contributed by atoms with Crippen molar-refractivity contribution in [3.63, 3.8) is 0 Å². The molecule has 1 aliphatic rings. The maximum atomic E-state index is 12.9. The van der Waals surface area contributed by atoms with Gasteiger partial charge >= 0.3 is 5.97 Å². The van der Waals surface area contributed by atoms with Crippen LogP contribution >= 0.6 is 0 Å². The average molecular weight is 410 g/mol. The lowest BCUT2D eigenvalue weighted by molar-refractivity contribution is -0.123. The zero-order valence-electron chi connectivity index (χ0n) is 17.6. The van der Waals surface area contributed by atoms with E-state index in [1.54, 1.807) is 0 Å². The summed E-state index contributed by atoms with van der Waals surface area (Å²) in [5.41, 5.74) is 3.12. The Morgan fingerprint density at radius 2 is 1.73 bits per heavy atom. The molecule has 0 unspecified atom stereocenters. The average Bonchev–Trinajstić information content (AvgIpc) is 2.69. The standard InChI is InChI=1S/C23H26N2O5/c1-13(2)16-6-5-7-17(14(3)4)22(16)24-20(26)11-25-18-10-15(23(28)29)8-9-19(18)30-12-21(25)27/h5-10,13-14H,11-12H2,1-4H3,(H,24,26)(H,28,29). The number of benzene rings is 2. The molecule has 158 valence electrons. The van der Waals surface area contributed by atoms with Crippen LogP contribution in [0.15, 0.2) is 36.4 Å². The minimum absolute atomic E-state index is 0.0182. The molecule has 0 fully saturated rings. The molecule has 0 aliphatic carbocycles. The lowest BCUT2D eigenvalue weighted by Gasteiger charge is -2.29. The van der Waals surface area contributed by atoms with Crippen molar-refractivity contribution in [3.05, 3.63) is 53.1 Å². The van der Waals surface area contributed by atoms with Crippen LogP contribution in [0.25, 0.3) is 0 Å². The molecule has 0 saturated heterocycles. The zero-order valence-corrected chi connectivity index (χ0v) is 17.6. The lowest BCUT2D eigenvalue weighted by Crippen LogP contribution is -2.43. The van der Waals surface area contributed by atoms with Gasteiger partial charge in [-0.05, 0) is 41.2 Å². The quantitative estimate of drug-likeness (QED) is 0.751. The number of nitrogens with one attached hydrogen (secondary N) is 1. The molecule has 2 aromatic rings. The van der Waals surface area contributed by atoms with Gasteiger partial charge in [0.2, 0.25) is 5.91 Å². The molecule has 0 aromatic heterocycles. The molecule has 1 heterocycles. The molecule has 0 atom stereocenters. The van der Waals surface area contributed by atoms with Gasteiger partial charge in [-0.3, -0.25) is 14.5 Å². The van der Waals surface area contributed by atoms with Crippen LogP contribution in [-0.4, -0.2) is 36.0 Å². The predicted molar refractivity (Wildman–Crippen MR) is 114 cm³/mol. The summed E-state index contributed by atoms with van der Waals surface area (Å²) in [7, 11) is 0. The number of carbonyl (C=O) groups is 3. The van der Waals surface area contributed by atoms with Crippen LogP contribution < -0.4 is 15.0 Å². The van der Waals surface area contributed by atoms with E-state index in [9.17, 15) is 19.5 Å². The van der Waals surface area contributed by atoms with E-state index in [1.165, 1.54) is 23.1 Å². The molecule has 30 heavy (non-hydrogen) atoms. The van der Waals surface area contributed by atoms with Crippen molar-refractivity contribution in [2.24, 2.45) is 0 Å². The van der Waals surface area contributed by atoms with Crippen molar-refractivity contribution in [1.29, 1.82) is 0 Å². The number of rotatable bonds is 6. The van der Waals surface area contributed by atoms with Crippen molar-refractivity contribution in [3.8, 4) is 5.75 Å². The molecular formula is C23H26N2O5. The van der Waals surface area contributed by atoms with Crippen molar-refractivity contribution < 1.29 is 24.2 Å². The Morgan fingerprint density at radius 1 is 1.10 bits per heavy atom. The number of carboxylic acid groups (broad SMARTS) is 1. The summed E-state index contributed by atoms with van der Waals surface area (Å²) in [6.45, 7) is 7.80. The topological polar surface area (TPSA) is 95.9 Å². The normalized spacial score (nSPS) is 13.3. The van der Waals surface area contributed by atoms with Crippen molar-refractivity contribution in [2.45, 2.75) is 39.5 Å².